The predicted octanol–water partition coefficient (Wildman–Crippen LogP) is 2.77. The highest BCUT2D eigenvalue weighted by molar-refractivity contribution is 5.40. The van der Waals surface area contributed by atoms with Gasteiger partial charge >= 0.3 is 0 Å². The van der Waals surface area contributed by atoms with Gasteiger partial charge < -0.3 is 19.7 Å². The van der Waals surface area contributed by atoms with E-state index in [-0.39, 0.29) is 0 Å². The molecule has 4 heteroatoms. The van der Waals surface area contributed by atoms with Gasteiger partial charge in [-0.1, -0.05) is 19.9 Å². The lowest BCUT2D eigenvalue weighted by Crippen LogP contribution is -2.38. The standard InChI is InChI=1S/C17H30N2O2/c1-13(2)9-15(12-19(3)4)18-11-14-7-8-16(20-5)10-17(14)21-6/h7-8,10,13,15,18H,9,11-12H2,1-6H3. The molecule has 0 bridgehead atoms. The molecule has 0 radical (unpaired) electrons. The molecular weight excluding hydrogens is 264 g/mol. The zero-order valence-corrected chi connectivity index (χ0v) is 14.3. The van der Waals surface area contributed by atoms with Crippen LogP contribution >= 0.6 is 0 Å². The summed E-state index contributed by atoms with van der Waals surface area (Å²) in [5.74, 6) is 2.37. The Morgan fingerprint density at radius 1 is 1.14 bits per heavy atom. The van der Waals surface area contributed by atoms with E-state index >= 15 is 0 Å². The Bertz CT molecular complexity index is 409. The lowest BCUT2D eigenvalue weighted by atomic mass is 10.0. The Morgan fingerprint density at radius 3 is 2.38 bits per heavy atom. The normalized spacial score (nSPS) is 12.8. The highest BCUT2D eigenvalue weighted by atomic mass is 16.5. The molecule has 1 unspecified atom stereocenters. The molecule has 1 rings (SSSR count). The van der Waals surface area contributed by atoms with Crippen molar-refractivity contribution in [3.63, 3.8) is 0 Å². The summed E-state index contributed by atoms with van der Waals surface area (Å²) in [5.41, 5.74) is 1.16. The Kier molecular flexibility index (Phi) is 7.54. The van der Waals surface area contributed by atoms with Crippen LogP contribution in [0, 0.1) is 5.92 Å². The van der Waals surface area contributed by atoms with Gasteiger partial charge in [0, 0.05) is 30.8 Å². The summed E-state index contributed by atoms with van der Waals surface area (Å²) in [6.45, 7) is 6.37. The van der Waals surface area contributed by atoms with Gasteiger partial charge in [-0.05, 0) is 32.5 Å². The molecule has 1 aromatic rings. The molecule has 0 saturated carbocycles. The molecule has 0 fully saturated rings. The number of methoxy groups -OCH3 is 2. The van der Waals surface area contributed by atoms with E-state index in [0.29, 0.717) is 12.0 Å². The van der Waals surface area contributed by atoms with Crippen molar-refractivity contribution in [1.82, 2.24) is 10.2 Å². The predicted molar refractivity (Wildman–Crippen MR) is 88.2 cm³/mol. The molecule has 0 spiro atoms. The van der Waals surface area contributed by atoms with Crippen LogP contribution in [0.25, 0.3) is 0 Å². The van der Waals surface area contributed by atoms with Crippen molar-refractivity contribution in [1.29, 1.82) is 0 Å². The fourth-order valence-electron chi connectivity index (χ4n) is 2.48. The molecule has 0 heterocycles. The molecule has 4 nitrogen and oxygen atoms in total. The van der Waals surface area contributed by atoms with Crippen molar-refractivity contribution < 1.29 is 9.47 Å². The van der Waals surface area contributed by atoms with E-state index in [1.807, 2.05) is 12.1 Å². The molecule has 0 aliphatic carbocycles. The highest BCUT2D eigenvalue weighted by Gasteiger charge is 2.13. The molecule has 0 aliphatic rings. The number of rotatable bonds is 9. The van der Waals surface area contributed by atoms with Gasteiger partial charge in [-0.3, -0.25) is 0 Å². The number of nitrogens with zero attached hydrogens (tertiary/aromatic N) is 1. The van der Waals surface area contributed by atoms with Gasteiger partial charge in [0.1, 0.15) is 11.5 Å². The first-order chi connectivity index (χ1) is 9.96. The van der Waals surface area contributed by atoms with Crippen LogP contribution in [0.15, 0.2) is 18.2 Å². The van der Waals surface area contributed by atoms with Crippen molar-refractivity contribution in [2.75, 3.05) is 34.9 Å². The number of hydrogen-bond acceptors (Lipinski definition) is 4. The monoisotopic (exact) mass is 294 g/mol. The van der Waals surface area contributed by atoms with E-state index in [0.717, 1.165) is 36.6 Å². The number of nitrogens with one attached hydrogen (secondary N) is 1. The second-order valence-corrected chi connectivity index (χ2v) is 6.15. The van der Waals surface area contributed by atoms with Crippen LogP contribution in [-0.2, 0) is 6.54 Å². The van der Waals surface area contributed by atoms with Gasteiger partial charge in [-0.15, -0.1) is 0 Å². The fraction of sp³-hybridized carbons (Fsp3) is 0.647. The van der Waals surface area contributed by atoms with Crippen LogP contribution in [0.1, 0.15) is 25.8 Å². The third-order valence-electron chi connectivity index (χ3n) is 3.42. The summed E-state index contributed by atoms with van der Waals surface area (Å²) in [7, 11) is 7.60. The van der Waals surface area contributed by atoms with E-state index in [9.17, 15) is 0 Å². The third kappa shape index (κ3) is 6.36. The summed E-state index contributed by atoms with van der Waals surface area (Å²) < 4.78 is 10.7. The van der Waals surface area contributed by atoms with Crippen LogP contribution in [-0.4, -0.2) is 45.8 Å². The summed E-state index contributed by atoms with van der Waals surface area (Å²) in [4.78, 5) is 2.23. The van der Waals surface area contributed by atoms with Crippen LogP contribution in [0.2, 0.25) is 0 Å². The second-order valence-electron chi connectivity index (χ2n) is 6.15. The number of benzene rings is 1. The topological polar surface area (TPSA) is 33.7 Å². The van der Waals surface area contributed by atoms with E-state index in [4.69, 9.17) is 9.47 Å². The maximum absolute atomic E-state index is 5.45. The first-order valence-electron chi connectivity index (χ1n) is 7.55. The van der Waals surface area contributed by atoms with Crippen LogP contribution < -0.4 is 14.8 Å². The van der Waals surface area contributed by atoms with E-state index in [2.05, 4.69) is 44.2 Å². The van der Waals surface area contributed by atoms with Crippen molar-refractivity contribution in [3.05, 3.63) is 23.8 Å². The Morgan fingerprint density at radius 2 is 1.86 bits per heavy atom. The fourth-order valence-corrected chi connectivity index (χ4v) is 2.48. The number of hydrogen-bond donors (Lipinski definition) is 1. The minimum atomic E-state index is 0.479. The van der Waals surface area contributed by atoms with Gasteiger partial charge in [-0.2, -0.15) is 0 Å². The maximum Gasteiger partial charge on any atom is 0.127 e. The Hall–Kier alpha value is -1.26. The molecule has 0 saturated heterocycles. The Labute approximate surface area is 129 Å². The number of likely N-dealkylation sites (N-methyl/N-ethyl adjacent to an activating group) is 1. The maximum atomic E-state index is 5.45. The lowest BCUT2D eigenvalue weighted by Gasteiger charge is -2.24. The molecule has 0 aliphatic heterocycles. The summed E-state index contributed by atoms with van der Waals surface area (Å²) in [6.07, 6.45) is 1.16. The molecule has 21 heavy (non-hydrogen) atoms. The van der Waals surface area contributed by atoms with E-state index in [1.165, 1.54) is 0 Å². The van der Waals surface area contributed by atoms with Gasteiger partial charge in [0.25, 0.3) is 0 Å². The third-order valence-corrected chi connectivity index (χ3v) is 3.42. The smallest absolute Gasteiger partial charge is 0.127 e. The molecular formula is C17H30N2O2. The Balaban J connectivity index is 2.70. The first kappa shape index (κ1) is 17.8. The van der Waals surface area contributed by atoms with Crippen molar-refractivity contribution in [3.8, 4) is 11.5 Å². The lowest BCUT2D eigenvalue weighted by molar-refractivity contribution is 0.303. The average Bonchev–Trinajstić information content (AvgIpc) is 2.43. The molecule has 1 N–H and O–H groups in total. The number of ether oxygens (including phenoxy) is 2. The minimum absolute atomic E-state index is 0.479. The minimum Gasteiger partial charge on any atom is -0.497 e. The first-order valence-corrected chi connectivity index (χ1v) is 7.55. The molecule has 0 amide bonds. The molecule has 120 valence electrons. The zero-order chi connectivity index (χ0) is 15.8. The molecule has 1 atom stereocenters. The summed E-state index contributed by atoms with van der Waals surface area (Å²) in [5, 5.41) is 3.65. The second kappa shape index (κ2) is 8.90. The van der Waals surface area contributed by atoms with Crippen molar-refractivity contribution >= 4 is 0 Å². The average molecular weight is 294 g/mol. The quantitative estimate of drug-likeness (QED) is 0.759. The van der Waals surface area contributed by atoms with Gasteiger partial charge in [-0.25, -0.2) is 0 Å². The highest BCUT2D eigenvalue weighted by Crippen LogP contribution is 2.24. The van der Waals surface area contributed by atoms with E-state index in [1.54, 1.807) is 14.2 Å². The van der Waals surface area contributed by atoms with Gasteiger partial charge in [0.05, 0.1) is 14.2 Å². The van der Waals surface area contributed by atoms with Crippen LogP contribution in [0.3, 0.4) is 0 Å². The van der Waals surface area contributed by atoms with Crippen molar-refractivity contribution in [2.45, 2.75) is 32.9 Å². The molecule has 1 aromatic carbocycles. The van der Waals surface area contributed by atoms with Crippen LogP contribution in [0.5, 0.6) is 11.5 Å². The van der Waals surface area contributed by atoms with Gasteiger partial charge in [0.2, 0.25) is 0 Å². The summed E-state index contributed by atoms with van der Waals surface area (Å²) >= 11 is 0. The van der Waals surface area contributed by atoms with Gasteiger partial charge in [0.15, 0.2) is 0 Å². The van der Waals surface area contributed by atoms with E-state index < -0.39 is 0 Å². The zero-order valence-electron chi connectivity index (χ0n) is 14.3. The largest absolute Gasteiger partial charge is 0.497 e. The summed E-state index contributed by atoms with van der Waals surface area (Å²) in [6, 6.07) is 6.45. The molecule has 0 aromatic heterocycles. The van der Waals surface area contributed by atoms with Crippen LogP contribution in [0.4, 0.5) is 0 Å². The SMILES string of the molecule is COc1ccc(CNC(CC(C)C)CN(C)C)c(OC)c1. The van der Waals surface area contributed by atoms with Crippen molar-refractivity contribution in [2.24, 2.45) is 5.92 Å².